The van der Waals surface area contributed by atoms with Crippen molar-refractivity contribution < 1.29 is 93.4 Å². The topological polar surface area (TPSA) is 434 Å². The molecule has 30 nitrogen and oxygen atoms in total. The van der Waals surface area contributed by atoms with Gasteiger partial charge in [-0.15, -0.1) is 0 Å². The van der Waals surface area contributed by atoms with E-state index in [1.54, 1.807) is 0 Å². The first kappa shape index (κ1) is 43.6. The molecular weight excluding hydrogens is 880 g/mol. The maximum atomic E-state index is 12.7. The van der Waals surface area contributed by atoms with Gasteiger partial charge in [0.2, 0.25) is 24.5 Å². The van der Waals surface area contributed by atoms with E-state index < -0.39 is 105 Å². The fraction of sp³-hybridized carbons (Fsp3) is 0.545. The number of phosphoric acid groups is 4. The number of nitrogen functional groups attached to an aromatic ring is 2. The predicted octanol–water partition coefficient (Wildman–Crippen LogP) is -1.87. The summed E-state index contributed by atoms with van der Waals surface area (Å²) in [6, 6.07) is 0. The molecule has 2 aliphatic heterocycles. The van der Waals surface area contributed by atoms with Gasteiger partial charge in [-0.05, 0) is 12.9 Å². The molecule has 35 heteroatoms. The van der Waals surface area contributed by atoms with Gasteiger partial charge in [0.15, 0.2) is 17.4 Å². The zero-order valence-corrected chi connectivity index (χ0v) is 33.1. The number of hydrogen-bond acceptors (Lipinski definition) is 23. The Hall–Kier alpha value is -2.99. The number of hydrogen-bond donors (Lipinski definition) is 11. The zero-order chi connectivity index (χ0) is 42.0. The standard InChI is InChI=1S/C22H32N10O20P4S/c1-7-8(47-19(12(7)33)32-6-30(2)11-16(32)27-22(24)29-18(11)36)3-45-53(37,38)50-56(43,44)51-54(39,40)46-4-9-14(49-55(41,42)52-57)13(34)20(48-9)31-5-25-10-15(31)26-21(23)28-17(10)35/h5-9,12-14,19-20,33-34H,3-4H2,1-2H3,(H10-,23,24,26,27,28,29,35,36,37,38,39,40,41,42,43,44,57)/p+1/t7?,8-,9-,12?,13?,14+,19-,20-/m1/s1. The van der Waals surface area contributed by atoms with Crippen LogP contribution in [0.3, 0.4) is 0 Å². The minimum Gasteiger partial charge on any atom is -0.490 e. The summed E-state index contributed by atoms with van der Waals surface area (Å²) in [6.07, 6.45) is -8.88. The van der Waals surface area contributed by atoms with Gasteiger partial charge in [0, 0.05) is 5.92 Å². The number of rotatable bonds is 15. The van der Waals surface area contributed by atoms with Crippen LogP contribution in [0.4, 0.5) is 11.9 Å². The van der Waals surface area contributed by atoms with Gasteiger partial charge < -0.3 is 55.8 Å². The van der Waals surface area contributed by atoms with Crippen molar-refractivity contribution in [3.8, 4) is 5.88 Å². The number of nitrogens with zero attached hydrogens (tertiary/aromatic N) is 7. The Kier molecular flexibility index (Phi) is 12.1. The average molecular weight is 914 g/mol. The number of imidazole rings is 2. The van der Waals surface area contributed by atoms with Crippen molar-refractivity contribution >= 4 is 78.4 Å². The van der Waals surface area contributed by atoms with Crippen LogP contribution in [-0.2, 0) is 60.9 Å². The Labute approximate surface area is 321 Å². The van der Waals surface area contributed by atoms with Crippen LogP contribution in [0.15, 0.2) is 17.4 Å². The van der Waals surface area contributed by atoms with Crippen molar-refractivity contribution in [1.82, 2.24) is 34.1 Å². The number of aliphatic hydroxyl groups is 2. The summed E-state index contributed by atoms with van der Waals surface area (Å²) in [7, 11) is -21.1. The van der Waals surface area contributed by atoms with Crippen LogP contribution < -0.4 is 21.6 Å². The Morgan fingerprint density at radius 1 is 0.895 bits per heavy atom. The number of nitrogens with two attached hydrogens (primary N) is 2. The molecule has 0 bridgehead atoms. The fourth-order valence-corrected chi connectivity index (χ4v) is 10.1. The summed E-state index contributed by atoms with van der Waals surface area (Å²) in [5, 5.41) is 32.1. The van der Waals surface area contributed by atoms with Gasteiger partial charge in [-0.25, -0.2) is 31.8 Å². The lowest BCUT2D eigenvalue weighted by Gasteiger charge is -2.23. The minimum atomic E-state index is -6.06. The number of anilines is 2. The molecule has 0 spiro atoms. The van der Waals surface area contributed by atoms with Crippen LogP contribution in [0, 0.1) is 5.92 Å². The first-order valence-corrected chi connectivity index (χ1v) is 21.9. The number of aromatic amines is 1. The van der Waals surface area contributed by atoms with Crippen molar-refractivity contribution in [1.29, 1.82) is 0 Å². The van der Waals surface area contributed by atoms with E-state index >= 15 is 0 Å². The Morgan fingerprint density at radius 3 is 2.12 bits per heavy atom. The van der Waals surface area contributed by atoms with E-state index in [9.17, 15) is 57.9 Å². The molecule has 0 radical (unpaired) electrons. The zero-order valence-electron chi connectivity index (χ0n) is 28.6. The molecule has 2 aliphatic rings. The highest BCUT2D eigenvalue weighted by atomic mass is 32.1. The smallest absolute Gasteiger partial charge is 0.490 e. The van der Waals surface area contributed by atoms with Crippen LogP contribution in [0.25, 0.3) is 22.3 Å². The van der Waals surface area contributed by atoms with E-state index in [0.717, 1.165) is 10.9 Å². The SMILES string of the molecule is CC1C(O)[C@H](n2c[n+](C)c3c(O)nc(N)nc32)O[C@@H]1COP(=O)(O)OP(=O)(O)OP(=O)(O)OC[C@H]1O[C@@H](n2cnc3c(=O)[nH]c(N)nc32)C(O)[C@H]1OP(=O)(O)OS. The van der Waals surface area contributed by atoms with Crippen LogP contribution >= 0.6 is 44.2 Å². The minimum absolute atomic E-state index is 0.0524. The second kappa shape index (κ2) is 15.9. The van der Waals surface area contributed by atoms with Crippen molar-refractivity contribution in [2.45, 2.75) is 49.9 Å². The van der Waals surface area contributed by atoms with Gasteiger partial charge in [0.05, 0.1) is 32.7 Å². The number of phosphoric ester groups is 3. The van der Waals surface area contributed by atoms with Gasteiger partial charge in [-0.2, -0.15) is 28.1 Å². The number of ether oxygens (including phenoxy) is 2. The van der Waals surface area contributed by atoms with E-state index in [1.165, 1.54) is 29.4 Å². The molecule has 12 N–H and O–H groups in total. The maximum absolute atomic E-state index is 12.7. The summed E-state index contributed by atoms with van der Waals surface area (Å²) in [5.41, 5.74) is 10.1. The maximum Gasteiger partial charge on any atom is 0.490 e. The van der Waals surface area contributed by atoms with E-state index in [2.05, 4.69) is 54.9 Å². The summed E-state index contributed by atoms with van der Waals surface area (Å²) >= 11 is 3.22. The van der Waals surface area contributed by atoms with Crippen LogP contribution in [-0.4, -0.2) is 113 Å². The molecule has 4 aromatic heterocycles. The molecule has 7 unspecified atom stereocenters. The van der Waals surface area contributed by atoms with Gasteiger partial charge in [-0.3, -0.25) is 27.9 Å². The van der Waals surface area contributed by atoms with Crippen LogP contribution in [0.1, 0.15) is 19.4 Å². The number of H-pyrrole nitrogens is 1. The number of aryl methyl sites for hydroxylation is 1. The summed E-state index contributed by atoms with van der Waals surface area (Å²) in [6.45, 7) is -0.655. The number of aromatic hydroxyl groups is 1. The molecular formula is C22H33N10O20P4S+. The third-order valence-electron chi connectivity index (χ3n) is 8.37. The quantitative estimate of drug-likeness (QED) is 0.0269. The van der Waals surface area contributed by atoms with E-state index in [1.807, 2.05) is 0 Å². The Balaban J connectivity index is 1.09. The number of fused-ring (bicyclic) bond motifs is 2. The van der Waals surface area contributed by atoms with Crippen LogP contribution in [0.2, 0.25) is 0 Å². The second-order valence-electron chi connectivity index (χ2n) is 12.2. The Bertz CT molecular complexity index is 2440. The molecule has 4 aromatic rings. The van der Waals surface area contributed by atoms with Crippen LogP contribution in [0.5, 0.6) is 5.88 Å². The molecule has 2 saturated heterocycles. The molecule has 0 saturated carbocycles. The van der Waals surface area contributed by atoms with E-state index in [0.29, 0.717) is 0 Å². The molecule has 0 amide bonds. The van der Waals surface area contributed by atoms with Crippen molar-refractivity contribution in [3.63, 3.8) is 0 Å². The molecule has 57 heavy (non-hydrogen) atoms. The largest absolute Gasteiger partial charge is 0.490 e. The highest BCUT2D eigenvalue weighted by molar-refractivity contribution is 7.80. The van der Waals surface area contributed by atoms with Gasteiger partial charge >= 0.3 is 31.3 Å². The molecule has 6 heterocycles. The number of thiol groups is 1. The summed E-state index contributed by atoms with van der Waals surface area (Å²) in [5.74, 6) is -1.99. The summed E-state index contributed by atoms with van der Waals surface area (Å²) in [4.78, 5) is 70.3. The third kappa shape index (κ3) is 9.27. The van der Waals surface area contributed by atoms with Crippen molar-refractivity contribution in [2.75, 3.05) is 24.7 Å². The number of aromatic nitrogens is 8. The van der Waals surface area contributed by atoms with E-state index in [4.69, 9.17) is 30.0 Å². The summed E-state index contributed by atoms with van der Waals surface area (Å²) < 4.78 is 91.9. The van der Waals surface area contributed by atoms with Gasteiger partial charge in [0.25, 0.3) is 22.6 Å². The predicted molar refractivity (Wildman–Crippen MR) is 185 cm³/mol. The number of aliphatic hydroxyl groups excluding tert-OH is 2. The Morgan fingerprint density at radius 2 is 1.49 bits per heavy atom. The molecule has 2 fully saturated rings. The lowest BCUT2D eigenvalue weighted by atomic mass is 10.0. The van der Waals surface area contributed by atoms with Crippen molar-refractivity contribution in [2.24, 2.45) is 13.0 Å². The average Bonchev–Trinajstić information content (AvgIpc) is 3.81. The van der Waals surface area contributed by atoms with Gasteiger partial charge in [0.1, 0.15) is 24.4 Å². The lowest BCUT2D eigenvalue weighted by Crippen LogP contribution is -2.36. The number of nitrogens with one attached hydrogen (secondary N) is 1. The second-order valence-corrected chi connectivity index (χ2v) is 18.7. The lowest BCUT2D eigenvalue weighted by molar-refractivity contribution is -0.646. The monoisotopic (exact) mass is 913 g/mol. The first-order chi connectivity index (χ1) is 26.4. The van der Waals surface area contributed by atoms with Gasteiger partial charge in [-0.1, -0.05) is 6.92 Å². The fourth-order valence-electron chi connectivity index (χ4n) is 5.89. The highest BCUT2D eigenvalue weighted by Gasteiger charge is 2.52. The molecule has 316 valence electrons. The molecule has 12 atom stereocenters. The first-order valence-electron chi connectivity index (χ1n) is 15.6. The normalized spacial score (nSPS) is 29.6. The molecule has 0 aromatic carbocycles. The molecule has 0 aliphatic carbocycles. The third-order valence-corrected chi connectivity index (χ3v) is 14.0. The van der Waals surface area contributed by atoms with E-state index in [-0.39, 0.29) is 34.2 Å². The highest BCUT2D eigenvalue weighted by Crippen LogP contribution is 2.68. The van der Waals surface area contributed by atoms with Crippen molar-refractivity contribution in [3.05, 3.63) is 23.0 Å². The molecule has 6 rings (SSSR count).